The molecule has 0 atom stereocenters. The molecule has 0 aliphatic rings. The topological polar surface area (TPSA) is 76.6 Å². The zero-order valence-electron chi connectivity index (χ0n) is 14.8. The largest absolute Gasteiger partial charge is 0.456 e. The van der Waals surface area contributed by atoms with E-state index in [0.717, 1.165) is 5.01 Å². The van der Waals surface area contributed by atoms with E-state index in [9.17, 15) is 13.2 Å². The number of sulfonamides is 1. The smallest absolute Gasteiger partial charge is 0.338 e. The van der Waals surface area contributed by atoms with Gasteiger partial charge in [-0.1, -0.05) is 19.9 Å². The van der Waals surface area contributed by atoms with Crippen LogP contribution in [0.2, 0.25) is 0 Å². The van der Waals surface area contributed by atoms with E-state index in [0.29, 0.717) is 24.3 Å². The summed E-state index contributed by atoms with van der Waals surface area (Å²) in [6.45, 7) is 7.96. The lowest BCUT2D eigenvalue weighted by Gasteiger charge is -2.20. The van der Waals surface area contributed by atoms with Crippen LogP contribution >= 0.6 is 11.3 Å². The summed E-state index contributed by atoms with van der Waals surface area (Å²) in [5, 5.41) is 2.72. The van der Waals surface area contributed by atoms with E-state index in [2.05, 4.69) is 4.98 Å². The molecule has 25 heavy (non-hydrogen) atoms. The minimum absolute atomic E-state index is 0.0647. The Kier molecular flexibility index (Phi) is 6.31. The highest BCUT2D eigenvalue weighted by atomic mass is 32.2. The molecule has 2 aromatic rings. The second-order valence-corrected chi connectivity index (χ2v) is 8.47. The first-order chi connectivity index (χ1) is 11.8. The molecular weight excluding hydrogens is 360 g/mol. The van der Waals surface area contributed by atoms with Crippen molar-refractivity contribution < 1.29 is 17.9 Å². The average Bonchev–Trinajstić information content (AvgIpc) is 2.99. The van der Waals surface area contributed by atoms with Crippen molar-refractivity contribution in [3.8, 4) is 0 Å². The minimum Gasteiger partial charge on any atom is -0.456 e. The van der Waals surface area contributed by atoms with E-state index < -0.39 is 16.0 Å². The molecule has 8 heteroatoms. The van der Waals surface area contributed by atoms with E-state index in [4.69, 9.17) is 4.74 Å². The van der Waals surface area contributed by atoms with Gasteiger partial charge in [0.25, 0.3) is 0 Å². The third-order valence-corrected chi connectivity index (χ3v) is 6.78. The molecule has 136 valence electrons. The van der Waals surface area contributed by atoms with Crippen molar-refractivity contribution in [1.29, 1.82) is 0 Å². The Morgan fingerprint density at radius 1 is 1.24 bits per heavy atom. The zero-order chi connectivity index (χ0) is 18.6. The number of benzene rings is 1. The van der Waals surface area contributed by atoms with Crippen LogP contribution in [0.1, 0.15) is 40.5 Å². The lowest BCUT2D eigenvalue weighted by Crippen LogP contribution is -2.31. The molecule has 0 spiro atoms. The fraction of sp³-hybridized carbons (Fsp3) is 0.412. The third kappa shape index (κ3) is 4.45. The van der Waals surface area contributed by atoms with E-state index in [1.54, 1.807) is 32.9 Å². The molecule has 6 nitrogen and oxygen atoms in total. The molecule has 0 bridgehead atoms. The van der Waals surface area contributed by atoms with Crippen LogP contribution in [0.5, 0.6) is 0 Å². The molecule has 0 fully saturated rings. The number of nitrogens with zero attached hydrogens (tertiary/aromatic N) is 2. The standard InChI is InChI=1S/C17H22N2O4S2/c1-5-19(6-2)25(21,22)16-9-14(8-7-12(16)3)17(20)23-10-15-11-24-13(4)18-15/h7-9,11H,5-6,10H2,1-4H3. The van der Waals surface area contributed by atoms with Gasteiger partial charge in [-0.05, 0) is 31.5 Å². The molecule has 1 aromatic carbocycles. The van der Waals surface area contributed by atoms with Crippen molar-refractivity contribution in [2.45, 2.75) is 39.2 Å². The first-order valence-corrected chi connectivity index (χ1v) is 10.3. The van der Waals surface area contributed by atoms with Gasteiger partial charge in [0.2, 0.25) is 10.0 Å². The highest BCUT2D eigenvalue weighted by Crippen LogP contribution is 2.22. The van der Waals surface area contributed by atoms with Gasteiger partial charge in [-0.15, -0.1) is 11.3 Å². The number of ether oxygens (including phenoxy) is 1. The van der Waals surface area contributed by atoms with Crippen LogP contribution in [0.4, 0.5) is 0 Å². The monoisotopic (exact) mass is 382 g/mol. The molecule has 0 aliphatic carbocycles. The molecule has 0 saturated carbocycles. The van der Waals surface area contributed by atoms with Crippen LogP contribution in [0, 0.1) is 13.8 Å². The number of aryl methyl sites for hydroxylation is 2. The number of rotatable bonds is 7. The molecule has 2 rings (SSSR count). The Balaban J connectivity index is 2.24. The van der Waals surface area contributed by atoms with Gasteiger partial charge in [0, 0.05) is 18.5 Å². The molecule has 1 aromatic heterocycles. The van der Waals surface area contributed by atoms with E-state index >= 15 is 0 Å². The van der Waals surface area contributed by atoms with Crippen molar-refractivity contribution >= 4 is 27.3 Å². The van der Waals surface area contributed by atoms with E-state index in [1.165, 1.54) is 21.7 Å². The number of hydrogen-bond donors (Lipinski definition) is 0. The summed E-state index contributed by atoms with van der Waals surface area (Å²) < 4.78 is 32.1. The van der Waals surface area contributed by atoms with Crippen LogP contribution in [0.15, 0.2) is 28.5 Å². The molecular formula is C17H22N2O4S2. The summed E-state index contributed by atoms with van der Waals surface area (Å²) in [6.07, 6.45) is 0. The van der Waals surface area contributed by atoms with Crippen molar-refractivity contribution in [3.05, 3.63) is 45.4 Å². The van der Waals surface area contributed by atoms with Crippen LogP contribution in [-0.2, 0) is 21.4 Å². The van der Waals surface area contributed by atoms with E-state index in [1.807, 2.05) is 12.3 Å². The van der Waals surface area contributed by atoms with Gasteiger partial charge in [0.1, 0.15) is 6.61 Å². The van der Waals surface area contributed by atoms with Gasteiger partial charge in [-0.2, -0.15) is 4.31 Å². The highest BCUT2D eigenvalue weighted by Gasteiger charge is 2.25. The van der Waals surface area contributed by atoms with Gasteiger partial charge < -0.3 is 4.74 Å². The number of esters is 1. The maximum Gasteiger partial charge on any atom is 0.338 e. The predicted octanol–water partition coefficient (Wildman–Crippen LogP) is 3.15. The van der Waals surface area contributed by atoms with Crippen LogP contribution in [0.25, 0.3) is 0 Å². The zero-order valence-corrected chi connectivity index (χ0v) is 16.4. The first kappa shape index (κ1) is 19.6. The molecule has 0 saturated heterocycles. The summed E-state index contributed by atoms with van der Waals surface area (Å²) in [6, 6.07) is 4.59. The summed E-state index contributed by atoms with van der Waals surface area (Å²) in [5.74, 6) is -0.568. The van der Waals surface area contributed by atoms with Crippen LogP contribution < -0.4 is 0 Å². The normalized spacial score (nSPS) is 11.7. The predicted molar refractivity (Wildman–Crippen MR) is 97.3 cm³/mol. The van der Waals surface area contributed by atoms with Crippen molar-refractivity contribution in [3.63, 3.8) is 0 Å². The lowest BCUT2D eigenvalue weighted by atomic mass is 10.1. The summed E-state index contributed by atoms with van der Waals surface area (Å²) in [7, 11) is -3.64. The van der Waals surface area contributed by atoms with Crippen molar-refractivity contribution in [2.75, 3.05) is 13.1 Å². The molecule has 0 unspecified atom stereocenters. The van der Waals surface area contributed by atoms with E-state index in [-0.39, 0.29) is 17.1 Å². The Labute approximate surface area is 152 Å². The lowest BCUT2D eigenvalue weighted by molar-refractivity contribution is 0.0468. The maximum atomic E-state index is 12.7. The number of thiazole rings is 1. The SMILES string of the molecule is CCN(CC)S(=O)(=O)c1cc(C(=O)OCc2csc(C)n2)ccc1C. The minimum atomic E-state index is -3.64. The summed E-state index contributed by atoms with van der Waals surface area (Å²) in [4.78, 5) is 16.6. The Bertz CT molecular complexity index is 855. The highest BCUT2D eigenvalue weighted by molar-refractivity contribution is 7.89. The van der Waals surface area contributed by atoms with Gasteiger partial charge >= 0.3 is 5.97 Å². The van der Waals surface area contributed by atoms with Crippen molar-refractivity contribution in [1.82, 2.24) is 9.29 Å². The van der Waals surface area contributed by atoms with Crippen molar-refractivity contribution in [2.24, 2.45) is 0 Å². The number of carbonyl (C=O) groups is 1. The van der Waals surface area contributed by atoms with Crippen LogP contribution in [0.3, 0.4) is 0 Å². The summed E-state index contributed by atoms with van der Waals surface area (Å²) in [5.41, 5.74) is 1.49. The Morgan fingerprint density at radius 2 is 1.92 bits per heavy atom. The van der Waals surface area contributed by atoms with Gasteiger partial charge in [0.15, 0.2) is 0 Å². The maximum absolute atomic E-state index is 12.7. The summed E-state index contributed by atoms with van der Waals surface area (Å²) >= 11 is 1.48. The molecule has 1 heterocycles. The molecule has 0 aliphatic heterocycles. The van der Waals surface area contributed by atoms with Gasteiger partial charge in [0.05, 0.1) is 21.2 Å². The molecule has 0 N–H and O–H groups in total. The van der Waals surface area contributed by atoms with Gasteiger partial charge in [-0.25, -0.2) is 18.2 Å². The number of carbonyl (C=O) groups excluding carboxylic acids is 1. The quantitative estimate of drug-likeness (QED) is 0.688. The number of hydrogen-bond acceptors (Lipinski definition) is 6. The fourth-order valence-corrected chi connectivity index (χ4v) is 4.71. The third-order valence-electron chi connectivity index (χ3n) is 3.76. The van der Waals surface area contributed by atoms with Crippen LogP contribution in [-0.4, -0.2) is 36.8 Å². The molecule has 0 amide bonds. The Hall–Kier alpha value is -1.77. The Morgan fingerprint density at radius 3 is 2.48 bits per heavy atom. The first-order valence-electron chi connectivity index (χ1n) is 7.98. The second-order valence-electron chi connectivity index (χ2n) is 5.50. The fourth-order valence-electron chi connectivity index (χ4n) is 2.40. The van der Waals surface area contributed by atoms with Gasteiger partial charge in [-0.3, -0.25) is 0 Å². The average molecular weight is 383 g/mol. The molecule has 0 radical (unpaired) electrons. The number of aromatic nitrogens is 1. The second kappa shape index (κ2) is 8.07.